The van der Waals surface area contributed by atoms with Crippen molar-refractivity contribution in [3.8, 4) is 0 Å². The van der Waals surface area contributed by atoms with Crippen LogP contribution in [0.25, 0.3) is 10.8 Å². The molecule has 2 fully saturated rings. The number of benzene rings is 2. The molecule has 32 heavy (non-hydrogen) atoms. The van der Waals surface area contributed by atoms with Gasteiger partial charge in [-0.1, -0.05) is 42.5 Å². The molecule has 0 amide bonds. The van der Waals surface area contributed by atoms with E-state index in [1.54, 1.807) is 0 Å². The van der Waals surface area contributed by atoms with E-state index in [9.17, 15) is 0 Å². The predicted molar refractivity (Wildman–Crippen MR) is 144 cm³/mol. The molecule has 0 radical (unpaired) electrons. The molecule has 2 aliphatic heterocycles. The first kappa shape index (κ1) is 25.2. The molecule has 2 saturated heterocycles. The van der Waals surface area contributed by atoms with E-state index in [1.165, 1.54) is 16.3 Å². The van der Waals surface area contributed by atoms with Crippen LogP contribution >= 0.6 is 24.0 Å². The fourth-order valence-corrected chi connectivity index (χ4v) is 4.90. The van der Waals surface area contributed by atoms with E-state index < -0.39 is 0 Å². The van der Waals surface area contributed by atoms with Crippen molar-refractivity contribution < 1.29 is 4.74 Å². The van der Waals surface area contributed by atoms with E-state index in [0.717, 1.165) is 71.3 Å². The lowest BCUT2D eigenvalue weighted by Crippen LogP contribution is -2.59. The van der Waals surface area contributed by atoms with Gasteiger partial charge in [0.1, 0.15) is 0 Å². The summed E-state index contributed by atoms with van der Waals surface area (Å²) in [5, 5.41) is 6.38. The third-order valence-electron chi connectivity index (χ3n) is 7.11. The summed E-state index contributed by atoms with van der Waals surface area (Å²) in [5.41, 5.74) is 1.56. The van der Waals surface area contributed by atoms with Crippen LogP contribution in [0.15, 0.2) is 47.5 Å². The Labute approximate surface area is 210 Å². The molecule has 0 atom stereocenters. The first-order valence-electron chi connectivity index (χ1n) is 11.5. The number of aliphatic imine (C=N–C) groups is 1. The van der Waals surface area contributed by atoms with Gasteiger partial charge in [-0.25, -0.2) is 0 Å². The summed E-state index contributed by atoms with van der Waals surface area (Å²) in [4.78, 5) is 11.9. The first-order valence-corrected chi connectivity index (χ1v) is 11.5. The Morgan fingerprint density at radius 1 is 1.03 bits per heavy atom. The Hall–Kier alpha value is -1.42. The van der Waals surface area contributed by atoms with Gasteiger partial charge < -0.3 is 19.9 Å². The fraction of sp³-hybridized carbons (Fsp3) is 0.560. The average Bonchev–Trinajstić information content (AvgIpc) is 2.81. The Morgan fingerprint density at radius 2 is 1.72 bits per heavy atom. The molecular formula is C25H38IN5O. The van der Waals surface area contributed by atoms with Crippen LogP contribution in [0.3, 0.4) is 0 Å². The Bertz CT molecular complexity index is 884. The largest absolute Gasteiger partial charge is 0.381 e. The van der Waals surface area contributed by atoms with Crippen molar-refractivity contribution in [3.63, 3.8) is 0 Å². The lowest BCUT2D eigenvalue weighted by Gasteiger charge is -2.44. The third kappa shape index (κ3) is 5.73. The van der Waals surface area contributed by atoms with Gasteiger partial charge in [0, 0.05) is 65.1 Å². The molecule has 1 N–H and O–H groups in total. The van der Waals surface area contributed by atoms with Crippen molar-refractivity contribution in [2.45, 2.75) is 24.9 Å². The molecule has 0 aromatic heterocycles. The number of fused-ring (bicyclic) bond motifs is 1. The number of nitrogens with one attached hydrogen (secondary N) is 1. The van der Waals surface area contributed by atoms with Crippen LogP contribution in [-0.2, 0) is 11.3 Å². The van der Waals surface area contributed by atoms with E-state index in [1.807, 2.05) is 7.05 Å². The molecule has 4 rings (SSSR count). The standard InChI is InChI=1S/C25H37N5O.HI/c1-26-24(27-20-25(28(2)3)11-17-31-18-12-25)30-15-13-29(14-16-30)19-22-9-6-8-21-7-4-5-10-23(21)22;/h4-10H,11-20H2,1-3H3,(H,26,27);1H. The zero-order valence-corrected chi connectivity index (χ0v) is 22.0. The minimum Gasteiger partial charge on any atom is -0.381 e. The van der Waals surface area contributed by atoms with Gasteiger partial charge >= 0.3 is 0 Å². The van der Waals surface area contributed by atoms with Crippen molar-refractivity contribution in [3.05, 3.63) is 48.0 Å². The second kappa shape index (κ2) is 11.6. The number of rotatable bonds is 5. The van der Waals surface area contributed by atoms with E-state index in [4.69, 9.17) is 4.74 Å². The van der Waals surface area contributed by atoms with Crippen molar-refractivity contribution in [2.75, 3.05) is 67.1 Å². The highest BCUT2D eigenvalue weighted by atomic mass is 127. The number of piperazine rings is 1. The lowest BCUT2D eigenvalue weighted by molar-refractivity contribution is -0.00535. The van der Waals surface area contributed by atoms with Gasteiger partial charge in [-0.2, -0.15) is 0 Å². The number of hydrogen-bond acceptors (Lipinski definition) is 4. The molecule has 0 spiro atoms. The number of likely N-dealkylation sites (N-methyl/N-ethyl adjacent to an activating group) is 1. The Balaban J connectivity index is 0.00000289. The van der Waals surface area contributed by atoms with Gasteiger partial charge in [0.15, 0.2) is 5.96 Å². The third-order valence-corrected chi connectivity index (χ3v) is 7.11. The summed E-state index contributed by atoms with van der Waals surface area (Å²) in [6.07, 6.45) is 2.12. The van der Waals surface area contributed by atoms with Gasteiger partial charge in [0.05, 0.1) is 0 Å². The van der Waals surface area contributed by atoms with Crippen LogP contribution in [0.5, 0.6) is 0 Å². The lowest BCUT2D eigenvalue weighted by atomic mass is 9.88. The van der Waals surface area contributed by atoms with Gasteiger partial charge in [-0.3, -0.25) is 9.89 Å². The Kier molecular flexibility index (Phi) is 9.16. The van der Waals surface area contributed by atoms with Crippen molar-refractivity contribution in [2.24, 2.45) is 4.99 Å². The topological polar surface area (TPSA) is 43.3 Å². The van der Waals surface area contributed by atoms with Crippen LogP contribution in [0.1, 0.15) is 18.4 Å². The molecule has 0 aliphatic carbocycles. The normalized spacial score (nSPS) is 19.8. The maximum Gasteiger partial charge on any atom is 0.193 e. The molecule has 7 heteroatoms. The molecular weight excluding hydrogens is 513 g/mol. The highest BCUT2D eigenvalue weighted by Crippen LogP contribution is 2.25. The Morgan fingerprint density at radius 3 is 2.41 bits per heavy atom. The van der Waals surface area contributed by atoms with Crippen LogP contribution in [0, 0.1) is 0 Å². The maximum atomic E-state index is 5.61. The van der Waals surface area contributed by atoms with Gasteiger partial charge in [0.2, 0.25) is 0 Å². The van der Waals surface area contributed by atoms with Crippen LogP contribution in [0.4, 0.5) is 0 Å². The zero-order chi connectivity index (χ0) is 21.7. The van der Waals surface area contributed by atoms with Gasteiger partial charge in [-0.15, -0.1) is 24.0 Å². The fourth-order valence-electron chi connectivity index (χ4n) is 4.90. The smallest absolute Gasteiger partial charge is 0.193 e. The molecule has 2 aromatic carbocycles. The molecule has 0 saturated carbocycles. The minimum atomic E-state index is 0. The summed E-state index contributed by atoms with van der Waals surface area (Å²) < 4.78 is 5.61. The summed E-state index contributed by atoms with van der Waals surface area (Å²) in [7, 11) is 6.26. The quantitative estimate of drug-likeness (QED) is 0.351. The van der Waals surface area contributed by atoms with E-state index >= 15 is 0 Å². The van der Waals surface area contributed by atoms with E-state index in [0.29, 0.717) is 0 Å². The number of ether oxygens (including phenoxy) is 1. The zero-order valence-electron chi connectivity index (χ0n) is 19.7. The van der Waals surface area contributed by atoms with Crippen molar-refractivity contribution in [1.29, 1.82) is 0 Å². The highest BCUT2D eigenvalue weighted by Gasteiger charge is 2.35. The van der Waals surface area contributed by atoms with Crippen LogP contribution < -0.4 is 5.32 Å². The first-order chi connectivity index (χ1) is 15.1. The number of hydrogen-bond donors (Lipinski definition) is 1. The molecule has 2 aromatic rings. The van der Waals surface area contributed by atoms with Crippen LogP contribution in [-0.4, -0.2) is 93.3 Å². The molecule has 2 heterocycles. The predicted octanol–water partition coefficient (Wildman–Crippen LogP) is 3.26. The minimum absolute atomic E-state index is 0. The van der Waals surface area contributed by atoms with Gasteiger partial charge in [0.25, 0.3) is 0 Å². The van der Waals surface area contributed by atoms with Crippen molar-refractivity contribution >= 4 is 40.7 Å². The average molecular weight is 552 g/mol. The SMILES string of the molecule is CN=C(NCC1(N(C)C)CCOCC1)N1CCN(Cc2cccc3ccccc23)CC1.I. The second-order valence-corrected chi connectivity index (χ2v) is 9.03. The monoisotopic (exact) mass is 551 g/mol. The molecule has 176 valence electrons. The molecule has 2 aliphatic rings. The summed E-state index contributed by atoms with van der Waals surface area (Å²) in [6, 6.07) is 15.3. The summed E-state index contributed by atoms with van der Waals surface area (Å²) in [6.45, 7) is 7.70. The highest BCUT2D eigenvalue weighted by molar-refractivity contribution is 14.0. The molecule has 0 unspecified atom stereocenters. The number of halogens is 1. The number of guanidine groups is 1. The van der Waals surface area contributed by atoms with E-state index in [-0.39, 0.29) is 29.5 Å². The van der Waals surface area contributed by atoms with Gasteiger partial charge in [-0.05, 0) is 43.3 Å². The summed E-state index contributed by atoms with van der Waals surface area (Å²) in [5.74, 6) is 1.03. The van der Waals surface area contributed by atoms with E-state index in [2.05, 4.69) is 81.6 Å². The second-order valence-electron chi connectivity index (χ2n) is 9.03. The summed E-state index contributed by atoms with van der Waals surface area (Å²) >= 11 is 0. The van der Waals surface area contributed by atoms with Crippen LogP contribution in [0.2, 0.25) is 0 Å². The maximum absolute atomic E-state index is 5.61. The van der Waals surface area contributed by atoms with Crippen molar-refractivity contribution in [1.82, 2.24) is 20.0 Å². The molecule has 0 bridgehead atoms. The number of nitrogens with zero attached hydrogens (tertiary/aromatic N) is 4. The molecule has 6 nitrogen and oxygen atoms in total.